The first kappa shape index (κ1) is 10.6. The number of nitrogens with zero attached hydrogens (tertiary/aromatic N) is 1. The van der Waals surface area contributed by atoms with Gasteiger partial charge in [-0.2, -0.15) is 0 Å². The van der Waals surface area contributed by atoms with Crippen molar-refractivity contribution in [2.75, 3.05) is 6.61 Å². The number of imide groups is 1. The van der Waals surface area contributed by atoms with Crippen molar-refractivity contribution < 1.29 is 14.7 Å². The average molecular weight is 211 g/mol. The summed E-state index contributed by atoms with van der Waals surface area (Å²) in [6.45, 7) is 1.57. The van der Waals surface area contributed by atoms with E-state index in [0.29, 0.717) is 6.42 Å². The molecular formula is C11H17NO3. The zero-order valence-electron chi connectivity index (χ0n) is 9.03. The highest BCUT2D eigenvalue weighted by molar-refractivity contribution is 6.06. The molecule has 0 bridgehead atoms. The van der Waals surface area contributed by atoms with E-state index in [1.165, 1.54) is 4.90 Å². The highest BCUT2D eigenvalue weighted by Crippen LogP contribution is 2.47. The van der Waals surface area contributed by atoms with Gasteiger partial charge in [-0.1, -0.05) is 12.8 Å². The molecule has 1 saturated heterocycles. The molecule has 2 amide bonds. The molecule has 15 heavy (non-hydrogen) atoms. The monoisotopic (exact) mass is 211 g/mol. The van der Waals surface area contributed by atoms with Gasteiger partial charge in [-0.05, 0) is 19.8 Å². The van der Waals surface area contributed by atoms with Gasteiger partial charge in [0.05, 0.1) is 18.1 Å². The first-order valence-corrected chi connectivity index (χ1v) is 5.58. The Kier molecular flexibility index (Phi) is 2.54. The van der Waals surface area contributed by atoms with E-state index in [4.69, 9.17) is 5.11 Å². The van der Waals surface area contributed by atoms with Crippen molar-refractivity contribution >= 4 is 11.8 Å². The molecule has 1 N–H and O–H groups in total. The molecule has 1 aliphatic heterocycles. The molecule has 0 unspecified atom stereocenters. The van der Waals surface area contributed by atoms with Gasteiger partial charge in [0.2, 0.25) is 11.8 Å². The molecule has 1 saturated carbocycles. The first-order chi connectivity index (χ1) is 7.10. The van der Waals surface area contributed by atoms with Crippen LogP contribution in [0, 0.1) is 5.41 Å². The Morgan fingerprint density at radius 1 is 1.40 bits per heavy atom. The summed E-state index contributed by atoms with van der Waals surface area (Å²) >= 11 is 0. The largest absolute Gasteiger partial charge is 0.394 e. The van der Waals surface area contributed by atoms with Crippen LogP contribution in [0.5, 0.6) is 0 Å². The van der Waals surface area contributed by atoms with E-state index in [1.54, 1.807) is 6.92 Å². The molecule has 2 fully saturated rings. The topological polar surface area (TPSA) is 57.6 Å². The van der Waals surface area contributed by atoms with Crippen molar-refractivity contribution in [1.29, 1.82) is 0 Å². The summed E-state index contributed by atoms with van der Waals surface area (Å²) in [6.07, 6.45) is 4.12. The van der Waals surface area contributed by atoms with Crippen LogP contribution in [0.4, 0.5) is 0 Å². The van der Waals surface area contributed by atoms with Gasteiger partial charge in [0.25, 0.3) is 0 Å². The highest BCUT2D eigenvalue weighted by atomic mass is 16.3. The number of carbonyl (C=O) groups excluding carboxylic acids is 2. The number of amides is 2. The minimum absolute atomic E-state index is 0.0495. The summed E-state index contributed by atoms with van der Waals surface area (Å²) in [4.78, 5) is 25.1. The lowest BCUT2D eigenvalue weighted by atomic mass is 9.84. The summed E-state index contributed by atoms with van der Waals surface area (Å²) in [5.41, 5.74) is -0.402. The number of aliphatic hydroxyl groups is 1. The number of carbonyl (C=O) groups is 2. The third kappa shape index (κ3) is 1.47. The zero-order valence-corrected chi connectivity index (χ0v) is 9.03. The minimum atomic E-state index is -0.402. The van der Waals surface area contributed by atoms with Crippen molar-refractivity contribution in [3.8, 4) is 0 Å². The molecule has 0 aromatic heterocycles. The fraction of sp³-hybridized carbons (Fsp3) is 0.818. The van der Waals surface area contributed by atoms with E-state index in [2.05, 4.69) is 0 Å². The van der Waals surface area contributed by atoms with Crippen LogP contribution < -0.4 is 0 Å². The molecule has 84 valence electrons. The predicted octanol–water partition coefficient (Wildman–Crippen LogP) is 0.686. The Morgan fingerprint density at radius 3 is 2.53 bits per heavy atom. The summed E-state index contributed by atoms with van der Waals surface area (Å²) in [7, 11) is 0. The van der Waals surface area contributed by atoms with Gasteiger partial charge >= 0.3 is 0 Å². The summed E-state index contributed by atoms with van der Waals surface area (Å²) in [5, 5.41) is 9.02. The second kappa shape index (κ2) is 3.59. The number of rotatable bonds is 2. The van der Waals surface area contributed by atoms with Gasteiger partial charge in [-0.3, -0.25) is 14.5 Å². The third-order valence-electron chi connectivity index (χ3n) is 3.70. The van der Waals surface area contributed by atoms with Crippen molar-refractivity contribution in [2.24, 2.45) is 5.41 Å². The number of aliphatic hydroxyl groups excluding tert-OH is 1. The van der Waals surface area contributed by atoms with Gasteiger partial charge in [0.15, 0.2) is 0 Å². The fourth-order valence-electron chi connectivity index (χ4n) is 2.79. The molecule has 0 radical (unpaired) electrons. The summed E-state index contributed by atoms with van der Waals surface area (Å²) < 4.78 is 0. The van der Waals surface area contributed by atoms with Crippen molar-refractivity contribution in [3.05, 3.63) is 0 Å². The van der Waals surface area contributed by atoms with Crippen LogP contribution in [-0.2, 0) is 9.59 Å². The molecule has 2 rings (SSSR count). The maximum atomic E-state index is 12.1. The van der Waals surface area contributed by atoms with E-state index in [9.17, 15) is 9.59 Å². The van der Waals surface area contributed by atoms with Crippen LogP contribution in [-0.4, -0.2) is 34.5 Å². The Bertz CT molecular complexity index is 294. The Morgan fingerprint density at radius 2 is 2.00 bits per heavy atom. The third-order valence-corrected chi connectivity index (χ3v) is 3.70. The molecule has 2 aliphatic rings. The van der Waals surface area contributed by atoms with Crippen molar-refractivity contribution in [3.63, 3.8) is 0 Å². The maximum Gasteiger partial charge on any atom is 0.236 e. The molecule has 0 aromatic rings. The fourth-order valence-corrected chi connectivity index (χ4v) is 2.79. The highest BCUT2D eigenvalue weighted by Gasteiger charge is 2.53. The van der Waals surface area contributed by atoms with Crippen LogP contribution in [0.3, 0.4) is 0 Å². The Balaban J connectivity index is 2.23. The van der Waals surface area contributed by atoms with Crippen molar-refractivity contribution in [1.82, 2.24) is 4.90 Å². The van der Waals surface area contributed by atoms with Gasteiger partial charge in [0, 0.05) is 6.42 Å². The van der Waals surface area contributed by atoms with Crippen LogP contribution in [0.15, 0.2) is 0 Å². The lowest BCUT2D eigenvalue weighted by Crippen LogP contribution is -2.42. The lowest BCUT2D eigenvalue weighted by Gasteiger charge is -2.24. The molecular weight excluding hydrogens is 194 g/mol. The van der Waals surface area contributed by atoms with Gasteiger partial charge in [-0.15, -0.1) is 0 Å². The van der Waals surface area contributed by atoms with E-state index < -0.39 is 5.41 Å². The van der Waals surface area contributed by atoms with Crippen LogP contribution in [0.2, 0.25) is 0 Å². The van der Waals surface area contributed by atoms with Crippen molar-refractivity contribution in [2.45, 2.75) is 45.1 Å². The van der Waals surface area contributed by atoms with E-state index >= 15 is 0 Å². The molecule has 4 heteroatoms. The standard InChI is InChI=1S/C11H17NO3/c1-8(7-13)12-9(14)6-11(10(12)15)4-2-3-5-11/h8,13H,2-7H2,1H3/t8-/m0/s1. The van der Waals surface area contributed by atoms with Gasteiger partial charge < -0.3 is 5.11 Å². The number of likely N-dealkylation sites (tertiary alicyclic amines) is 1. The second-order valence-electron chi connectivity index (χ2n) is 4.76. The van der Waals surface area contributed by atoms with Crippen LogP contribution in [0.25, 0.3) is 0 Å². The Hall–Kier alpha value is -0.900. The summed E-state index contributed by atoms with van der Waals surface area (Å²) in [5.74, 6) is -0.157. The maximum absolute atomic E-state index is 12.1. The summed E-state index contributed by atoms with van der Waals surface area (Å²) in [6, 6.07) is -0.370. The van der Waals surface area contributed by atoms with Crippen LogP contribution >= 0.6 is 0 Å². The SMILES string of the molecule is C[C@@H](CO)N1C(=O)CC2(CCCC2)C1=O. The van der Waals surface area contributed by atoms with E-state index in [0.717, 1.165) is 25.7 Å². The molecule has 1 aliphatic carbocycles. The zero-order chi connectivity index (χ0) is 11.1. The molecule has 1 spiro atoms. The predicted molar refractivity (Wildman–Crippen MR) is 53.9 cm³/mol. The molecule has 1 heterocycles. The quantitative estimate of drug-likeness (QED) is 0.683. The lowest BCUT2D eigenvalue weighted by molar-refractivity contribution is -0.144. The molecule has 4 nitrogen and oxygen atoms in total. The smallest absolute Gasteiger partial charge is 0.236 e. The molecule has 1 atom stereocenters. The first-order valence-electron chi connectivity index (χ1n) is 5.58. The Labute approximate surface area is 89.3 Å². The number of hydrogen-bond donors (Lipinski definition) is 1. The normalized spacial score (nSPS) is 26.7. The number of hydrogen-bond acceptors (Lipinski definition) is 3. The molecule has 0 aromatic carbocycles. The van der Waals surface area contributed by atoms with E-state index in [-0.39, 0.29) is 24.5 Å². The second-order valence-corrected chi connectivity index (χ2v) is 4.76. The average Bonchev–Trinajstić information content (AvgIpc) is 2.75. The minimum Gasteiger partial charge on any atom is -0.394 e. The van der Waals surface area contributed by atoms with Crippen LogP contribution in [0.1, 0.15) is 39.0 Å². The van der Waals surface area contributed by atoms with Gasteiger partial charge in [-0.25, -0.2) is 0 Å². The van der Waals surface area contributed by atoms with Gasteiger partial charge in [0.1, 0.15) is 0 Å². The van der Waals surface area contributed by atoms with E-state index in [1.807, 2.05) is 0 Å².